The number of carbonyl (C=O) groups is 1. The Morgan fingerprint density at radius 3 is 2.35 bits per heavy atom. The van der Waals surface area contributed by atoms with Crippen LogP contribution in [0.3, 0.4) is 0 Å². The molecule has 1 aromatic rings. The molecule has 0 aliphatic heterocycles. The second-order valence-corrected chi connectivity index (χ2v) is 8.84. The number of sulfone groups is 1. The van der Waals surface area contributed by atoms with E-state index in [2.05, 4.69) is 6.92 Å². The van der Waals surface area contributed by atoms with Gasteiger partial charge in [-0.05, 0) is 36.5 Å². The fraction of sp³-hybridized carbons (Fsp3) is 0.611. The van der Waals surface area contributed by atoms with Gasteiger partial charge >= 0.3 is 0 Å². The van der Waals surface area contributed by atoms with Crippen LogP contribution < -0.4 is 0 Å². The Balaban J connectivity index is 2.02. The first-order valence-corrected chi connectivity index (χ1v) is 10.1. The van der Waals surface area contributed by atoms with Crippen molar-refractivity contribution < 1.29 is 13.2 Å². The van der Waals surface area contributed by atoms with Gasteiger partial charge in [-0.2, -0.15) is 0 Å². The van der Waals surface area contributed by atoms with Crippen molar-refractivity contribution in [2.45, 2.75) is 56.9 Å². The lowest BCUT2D eigenvalue weighted by atomic mass is 9.85. The molecule has 2 atom stereocenters. The van der Waals surface area contributed by atoms with Crippen LogP contribution in [0.25, 0.3) is 0 Å². The third-order valence-corrected chi connectivity index (χ3v) is 6.73. The smallest absolute Gasteiger partial charge is 0.226 e. The summed E-state index contributed by atoms with van der Waals surface area (Å²) in [6.45, 7) is 3.85. The zero-order valence-electron chi connectivity index (χ0n) is 14.3. The zero-order chi connectivity index (χ0) is 17.0. The van der Waals surface area contributed by atoms with Crippen molar-refractivity contribution in [2.75, 3.05) is 12.8 Å². The molecular formula is C18H27NO3S. The first-order valence-electron chi connectivity index (χ1n) is 8.42. The van der Waals surface area contributed by atoms with Crippen LogP contribution in [0.2, 0.25) is 0 Å². The average molecular weight is 337 g/mol. The van der Waals surface area contributed by atoms with E-state index in [4.69, 9.17) is 0 Å². The Kier molecular flexibility index (Phi) is 5.84. The van der Waals surface area contributed by atoms with Gasteiger partial charge in [0.15, 0.2) is 9.84 Å². The molecule has 0 saturated heterocycles. The van der Waals surface area contributed by atoms with Crippen molar-refractivity contribution >= 4 is 15.7 Å². The highest BCUT2D eigenvalue weighted by molar-refractivity contribution is 7.91. The van der Waals surface area contributed by atoms with Gasteiger partial charge in [-0.1, -0.05) is 38.8 Å². The molecule has 23 heavy (non-hydrogen) atoms. The van der Waals surface area contributed by atoms with Crippen LogP contribution in [0.5, 0.6) is 0 Å². The van der Waals surface area contributed by atoms with E-state index in [9.17, 15) is 13.2 Å². The van der Waals surface area contributed by atoms with E-state index in [1.165, 1.54) is 19.3 Å². The summed E-state index contributed by atoms with van der Waals surface area (Å²) < 4.78 is 23.6. The minimum Gasteiger partial charge on any atom is -0.342 e. The molecule has 0 aromatic heterocycles. The minimum absolute atomic E-state index is 0.0909. The van der Waals surface area contributed by atoms with Crippen molar-refractivity contribution in [3.63, 3.8) is 0 Å². The van der Waals surface area contributed by atoms with Gasteiger partial charge in [0.05, 0.1) is 17.1 Å². The summed E-state index contributed by atoms with van der Waals surface area (Å²) in [6.07, 6.45) is 5.04. The van der Waals surface area contributed by atoms with Gasteiger partial charge in [-0.25, -0.2) is 8.42 Å². The maximum Gasteiger partial charge on any atom is 0.226 e. The largest absolute Gasteiger partial charge is 0.342 e. The van der Waals surface area contributed by atoms with Crippen molar-refractivity contribution in [1.82, 2.24) is 4.90 Å². The first-order chi connectivity index (χ1) is 10.8. The van der Waals surface area contributed by atoms with Gasteiger partial charge in [-0.3, -0.25) is 4.79 Å². The molecule has 0 bridgehead atoms. The fourth-order valence-corrected chi connectivity index (χ4v) is 4.22. The Morgan fingerprint density at radius 1 is 1.17 bits per heavy atom. The second kappa shape index (κ2) is 7.47. The first kappa shape index (κ1) is 18.0. The molecule has 1 aliphatic carbocycles. The SMILES string of the molecule is CCS(=O)(=O)c1ccc(CC(=O)N(C)[C@H]2CCCC[C@H]2C)cc1. The van der Waals surface area contributed by atoms with E-state index in [-0.39, 0.29) is 11.7 Å². The van der Waals surface area contributed by atoms with Crippen molar-refractivity contribution in [2.24, 2.45) is 5.92 Å². The number of hydrogen-bond donors (Lipinski definition) is 0. The lowest BCUT2D eigenvalue weighted by molar-refractivity contribution is -0.132. The van der Waals surface area contributed by atoms with E-state index < -0.39 is 9.84 Å². The predicted molar refractivity (Wildman–Crippen MR) is 92.1 cm³/mol. The lowest BCUT2D eigenvalue weighted by Crippen LogP contribution is -2.43. The van der Waals surface area contributed by atoms with E-state index in [0.29, 0.717) is 23.3 Å². The highest BCUT2D eigenvalue weighted by Gasteiger charge is 2.27. The van der Waals surface area contributed by atoms with Gasteiger partial charge in [0, 0.05) is 13.1 Å². The maximum atomic E-state index is 12.5. The van der Waals surface area contributed by atoms with Crippen molar-refractivity contribution in [3.05, 3.63) is 29.8 Å². The van der Waals surface area contributed by atoms with Gasteiger partial charge in [0.2, 0.25) is 5.91 Å². The van der Waals surface area contributed by atoms with Gasteiger partial charge in [0.1, 0.15) is 0 Å². The molecule has 1 amide bonds. The van der Waals surface area contributed by atoms with Gasteiger partial charge < -0.3 is 4.90 Å². The average Bonchev–Trinajstić information content (AvgIpc) is 2.55. The van der Waals surface area contributed by atoms with Gasteiger partial charge in [-0.15, -0.1) is 0 Å². The van der Waals surface area contributed by atoms with Crippen molar-refractivity contribution in [3.8, 4) is 0 Å². The highest BCUT2D eigenvalue weighted by atomic mass is 32.2. The fourth-order valence-electron chi connectivity index (χ4n) is 3.34. The Morgan fingerprint density at radius 2 is 1.78 bits per heavy atom. The Hall–Kier alpha value is -1.36. The number of nitrogens with zero attached hydrogens (tertiary/aromatic N) is 1. The van der Waals surface area contributed by atoms with Crippen LogP contribution in [0.4, 0.5) is 0 Å². The number of benzene rings is 1. The van der Waals surface area contributed by atoms with Gasteiger partial charge in [0.25, 0.3) is 0 Å². The molecule has 5 heteroatoms. The quantitative estimate of drug-likeness (QED) is 0.830. The number of rotatable bonds is 5. The monoisotopic (exact) mass is 337 g/mol. The van der Waals surface area contributed by atoms with E-state index in [0.717, 1.165) is 12.0 Å². The molecule has 1 saturated carbocycles. The lowest BCUT2D eigenvalue weighted by Gasteiger charge is -2.36. The number of hydrogen-bond acceptors (Lipinski definition) is 3. The normalized spacial score (nSPS) is 21.9. The molecule has 1 aliphatic rings. The Labute approximate surface area is 139 Å². The molecule has 0 N–H and O–H groups in total. The maximum absolute atomic E-state index is 12.5. The van der Waals surface area contributed by atoms with Crippen LogP contribution in [-0.4, -0.2) is 38.1 Å². The minimum atomic E-state index is -3.18. The molecule has 1 fully saturated rings. The molecule has 128 valence electrons. The summed E-state index contributed by atoms with van der Waals surface area (Å²) >= 11 is 0. The van der Waals surface area contributed by atoms with Crippen LogP contribution >= 0.6 is 0 Å². The molecule has 4 nitrogen and oxygen atoms in total. The van der Waals surface area contributed by atoms with E-state index in [1.807, 2.05) is 11.9 Å². The molecule has 2 rings (SSSR count). The van der Waals surface area contributed by atoms with Crippen LogP contribution in [0.15, 0.2) is 29.2 Å². The third kappa shape index (κ3) is 4.34. The van der Waals surface area contributed by atoms with E-state index in [1.54, 1.807) is 31.2 Å². The van der Waals surface area contributed by atoms with E-state index >= 15 is 0 Å². The zero-order valence-corrected chi connectivity index (χ0v) is 15.1. The Bertz CT molecular complexity index is 637. The topological polar surface area (TPSA) is 54.5 Å². The van der Waals surface area contributed by atoms with Crippen LogP contribution in [-0.2, 0) is 21.1 Å². The highest BCUT2D eigenvalue weighted by Crippen LogP contribution is 2.27. The summed E-state index contributed by atoms with van der Waals surface area (Å²) in [5.41, 5.74) is 0.861. The molecule has 0 heterocycles. The molecule has 0 spiro atoms. The summed E-state index contributed by atoms with van der Waals surface area (Å²) in [5, 5.41) is 0. The molecule has 1 aromatic carbocycles. The van der Waals surface area contributed by atoms with Crippen LogP contribution in [0.1, 0.15) is 45.1 Å². The molecular weight excluding hydrogens is 310 g/mol. The molecule has 0 radical (unpaired) electrons. The standard InChI is InChI=1S/C18H27NO3S/c1-4-23(21,22)16-11-9-15(10-12-16)13-18(20)19(3)17-8-6-5-7-14(17)2/h9-12,14,17H,4-8,13H2,1-3H3/t14-,17+/m1/s1. The molecule has 0 unspecified atom stereocenters. The summed E-state index contributed by atoms with van der Waals surface area (Å²) in [7, 11) is -1.29. The third-order valence-electron chi connectivity index (χ3n) is 4.97. The predicted octanol–water partition coefficient (Wildman–Crippen LogP) is 3.06. The summed E-state index contributed by atoms with van der Waals surface area (Å²) in [6, 6.07) is 7.03. The number of carbonyl (C=O) groups excluding carboxylic acids is 1. The summed E-state index contributed by atoms with van der Waals surface area (Å²) in [5.74, 6) is 0.748. The van der Waals surface area contributed by atoms with Crippen LogP contribution in [0, 0.1) is 5.92 Å². The second-order valence-electron chi connectivity index (χ2n) is 6.56. The van der Waals surface area contributed by atoms with Crippen molar-refractivity contribution in [1.29, 1.82) is 0 Å². The summed E-state index contributed by atoms with van der Waals surface area (Å²) in [4.78, 5) is 14.7. The number of likely N-dealkylation sites (N-methyl/N-ethyl adjacent to an activating group) is 1. The number of amides is 1.